The van der Waals surface area contributed by atoms with Gasteiger partial charge in [-0.05, 0) is 67.8 Å². The average Bonchev–Trinajstić information content (AvgIpc) is 3.33. The molecule has 9 heteroatoms. The molecule has 37 heavy (non-hydrogen) atoms. The van der Waals surface area contributed by atoms with Gasteiger partial charge in [-0.25, -0.2) is 4.79 Å². The fourth-order valence-corrected chi connectivity index (χ4v) is 5.70. The number of aryl methyl sites for hydroxylation is 1. The van der Waals surface area contributed by atoms with Gasteiger partial charge >= 0.3 is 6.03 Å². The van der Waals surface area contributed by atoms with Gasteiger partial charge in [-0.2, -0.15) is 10.4 Å². The number of nitrogens with one attached hydrogen (secondary N) is 2. The number of ether oxygens (including phenoxy) is 2. The molecular weight excluding hydrogens is 468 g/mol. The topological polar surface area (TPSA) is 104 Å². The number of nitriles is 1. The average molecular weight is 501 g/mol. The predicted molar refractivity (Wildman–Crippen MR) is 141 cm³/mol. The summed E-state index contributed by atoms with van der Waals surface area (Å²) < 4.78 is 12.9. The van der Waals surface area contributed by atoms with Gasteiger partial charge in [0.1, 0.15) is 0 Å². The zero-order valence-corrected chi connectivity index (χ0v) is 21.4. The first-order chi connectivity index (χ1) is 18.0. The minimum absolute atomic E-state index is 0.250. The number of amides is 2. The van der Waals surface area contributed by atoms with Crippen LogP contribution in [0, 0.1) is 17.2 Å². The third-order valence-corrected chi connectivity index (χ3v) is 7.60. The van der Waals surface area contributed by atoms with E-state index in [1.165, 1.54) is 5.69 Å². The molecule has 2 aromatic carbocycles. The Labute approximate surface area is 217 Å². The van der Waals surface area contributed by atoms with E-state index >= 15 is 0 Å². The summed E-state index contributed by atoms with van der Waals surface area (Å²) in [7, 11) is 5.29. The molecule has 6 rings (SSSR count). The Bertz CT molecular complexity index is 1330. The maximum atomic E-state index is 12.5. The first-order valence-corrected chi connectivity index (χ1v) is 12.5. The van der Waals surface area contributed by atoms with Gasteiger partial charge in [0.05, 0.1) is 31.5 Å². The summed E-state index contributed by atoms with van der Waals surface area (Å²) in [5, 5.41) is 19.7. The summed E-state index contributed by atoms with van der Waals surface area (Å²) in [6.45, 7) is 2.59. The molecule has 2 amide bonds. The number of hydrogen-bond acceptors (Lipinski definition) is 6. The lowest BCUT2D eigenvalue weighted by Gasteiger charge is -2.49. The molecule has 3 aromatic rings. The van der Waals surface area contributed by atoms with Gasteiger partial charge in [-0.15, -0.1) is 0 Å². The van der Waals surface area contributed by atoms with E-state index in [1.54, 1.807) is 38.5 Å². The third-order valence-electron chi connectivity index (χ3n) is 7.60. The summed E-state index contributed by atoms with van der Waals surface area (Å²) in [5.41, 5.74) is 4.29. The minimum atomic E-state index is -0.250. The van der Waals surface area contributed by atoms with Crippen molar-refractivity contribution in [2.45, 2.75) is 24.8 Å². The molecule has 4 unspecified atom stereocenters. The molecule has 3 aliphatic heterocycles. The second-order valence-corrected chi connectivity index (χ2v) is 9.72. The monoisotopic (exact) mass is 500 g/mol. The first-order valence-electron chi connectivity index (χ1n) is 12.5. The molecule has 2 N–H and O–H groups in total. The SMILES string of the molecule is COc1ccc(-c2cc(C3CN4CCC3CC4CNC(=O)Nc3cccc(C#N)c3)n(C)n2)cc1OC. The summed E-state index contributed by atoms with van der Waals surface area (Å²) in [6.07, 6.45) is 2.18. The highest BCUT2D eigenvalue weighted by molar-refractivity contribution is 5.89. The van der Waals surface area contributed by atoms with E-state index in [2.05, 4.69) is 27.7 Å². The molecule has 1 aromatic heterocycles. The van der Waals surface area contributed by atoms with E-state index in [0.717, 1.165) is 37.2 Å². The zero-order chi connectivity index (χ0) is 25.9. The molecule has 3 saturated heterocycles. The Kier molecular flexibility index (Phi) is 7.01. The van der Waals surface area contributed by atoms with Gasteiger partial charge in [0.15, 0.2) is 11.5 Å². The quantitative estimate of drug-likeness (QED) is 0.509. The van der Waals surface area contributed by atoms with Crippen LogP contribution in [0.5, 0.6) is 11.5 Å². The Hall–Kier alpha value is -4.03. The van der Waals surface area contributed by atoms with Crippen LogP contribution >= 0.6 is 0 Å². The van der Waals surface area contributed by atoms with Crippen LogP contribution in [-0.2, 0) is 7.05 Å². The van der Waals surface area contributed by atoms with E-state index in [0.29, 0.717) is 47.2 Å². The molecule has 9 nitrogen and oxygen atoms in total. The number of nitrogens with zero attached hydrogens (tertiary/aromatic N) is 4. The fourth-order valence-electron chi connectivity index (χ4n) is 5.70. The number of fused-ring (bicyclic) bond motifs is 3. The maximum absolute atomic E-state index is 12.5. The van der Waals surface area contributed by atoms with Gasteiger partial charge in [0, 0.05) is 49.0 Å². The van der Waals surface area contributed by atoms with Crippen LogP contribution < -0.4 is 20.1 Å². The number of anilines is 1. The van der Waals surface area contributed by atoms with Crippen molar-refractivity contribution in [1.82, 2.24) is 20.0 Å². The van der Waals surface area contributed by atoms with Crippen molar-refractivity contribution in [3.8, 4) is 28.8 Å². The smallest absolute Gasteiger partial charge is 0.319 e. The Balaban J connectivity index is 1.22. The largest absolute Gasteiger partial charge is 0.493 e. The Morgan fingerprint density at radius 1 is 1.16 bits per heavy atom. The summed E-state index contributed by atoms with van der Waals surface area (Å²) in [5.74, 6) is 2.33. The maximum Gasteiger partial charge on any atom is 0.319 e. The van der Waals surface area contributed by atoms with Crippen molar-refractivity contribution < 1.29 is 14.3 Å². The zero-order valence-electron chi connectivity index (χ0n) is 21.4. The molecule has 0 spiro atoms. The van der Waals surface area contributed by atoms with Gasteiger partial charge in [0.25, 0.3) is 0 Å². The highest BCUT2D eigenvalue weighted by Crippen LogP contribution is 2.42. The molecule has 4 heterocycles. The van der Waals surface area contributed by atoms with Crippen LogP contribution in [0.2, 0.25) is 0 Å². The van der Waals surface area contributed by atoms with Crippen LogP contribution in [0.3, 0.4) is 0 Å². The van der Waals surface area contributed by atoms with Crippen molar-refractivity contribution >= 4 is 11.7 Å². The molecule has 4 atom stereocenters. The van der Waals surface area contributed by atoms with Crippen LogP contribution in [0.4, 0.5) is 10.5 Å². The lowest BCUT2D eigenvalue weighted by molar-refractivity contribution is 0.0296. The molecular formula is C28H32N6O3. The number of benzene rings is 2. The van der Waals surface area contributed by atoms with E-state index in [9.17, 15) is 4.79 Å². The van der Waals surface area contributed by atoms with E-state index < -0.39 is 0 Å². The van der Waals surface area contributed by atoms with Crippen LogP contribution in [-0.4, -0.2) is 60.6 Å². The Morgan fingerprint density at radius 2 is 2.00 bits per heavy atom. The van der Waals surface area contributed by atoms with Crippen LogP contribution in [0.15, 0.2) is 48.5 Å². The molecule has 0 aliphatic carbocycles. The summed E-state index contributed by atoms with van der Waals surface area (Å²) in [6, 6.07) is 17.1. The number of carbonyl (C=O) groups excluding carboxylic acids is 1. The molecule has 3 fully saturated rings. The highest BCUT2D eigenvalue weighted by Gasteiger charge is 2.41. The number of aromatic nitrogens is 2. The van der Waals surface area contributed by atoms with Crippen molar-refractivity contribution in [3.05, 3.63) is 59.8 Å². The highest BCUT2D eigenvalue weighted by atomic mass is 16.5. The van der Waals surface area contributed by atoms with Gasteiger partial charge < -0.3 is 20.1 Å². The number of piperidine rings is 3. The normalized spacial score (nSPS) is 22.2. The van der Waals surface area contributed by atoms with Gasteiger partial charge in [-0.1, -0.05) is 6.07 Å². The molecule has 192 valence electrons. The lowest BCUT2D eigenvalue weighted by Crippen LogP contribution is -2.56. The first kappa shape index (κ1) is 24.7. The van der Waals surface area contributed by atoms with Crippen molar-refractivity contribution in [2.75, 3.05) is 39.2 Å². The number of hydrogen-bond donors (Lipinski definition) is 2. The van der Waals surface area contributed by atoms with E-state index in [-0.39, 0.29) is 6.03 Å². The summed E-state index contributed by atoms with van der Waals surface area (Å²) >= 11 is 0. The van der Waals surface area contributed by atoms with E-state index in [4.69, 9.17) is 19.8 Å². The standard InChI is InChI=1S/C28H32N6O3/c1-33-25(14-24(32-33)20-7-8-26(36-2)27(13-20)37-3)23-17-34-10-9-19(23)12-22(34)16-30-28(35)31-21-6-4-5-18(11-21)15-29/h4-8,11,13-14,19,22-23H,9-10,12,16-17H2,1-3H3,(H2,30,31,35). The van der Waals surface area contributed by atoms with Crippen molar-refractivity contribution in [3.63, 3.8) is 0 Å². The molecule has 3 aliphatic rings. The van der Waals surface area contributed by atoms with E-state index in [1.807, 2.05) is 29.9 Å². The van der Waals surface area contributed by atoms with Crippen molar-refractivity contribution in [1.29, 1.82) is 5.26 Å². The van der Waals surface area contributed by atoms with Gasteiger partial charge in [0.2, 0.25) is 0 Å². The number of carbonyl (C=O) groups is 1. The number of urea groups is 1. The number of rotatable bonds is 7. The predicted octanol–water partition coefficient (Wildman–Crippen LogP) is 3.98. The summed E-state index contributed by atoms with van der Waals surface area (Å²) in [4.78, 5) is 15.0. The van der Waals surface area contributed by atoms with Crippen LogP contribution in [0.25, 0.3) is 11.3 Å². The van der Waals surface area contributed by atoms with Crippen LogP contribution in [0.1, 0.15) is 30.0 Å². The lowest BCUT2D eigenvalue weighted by atomic mass is 9.74. The second kappa shape index (κ2) is 10.5. The molecule has 0 radical (unpaired) electrons. The minimum Gasteiger partial charge on any atom is -0.493 e. The number of methoxy groups -OCH3 is 2. The Morgan fingerprint density at radius 3 is 2.73 bits per heavy atom. The molecule has 2 bridgehead atoms. The molecule has 0 saturated carbocycles. The second-order valence-electron chi connectivity index (χ2n) is 9.72. The third kappa shape index (κ3) is 5.11. The van der Waals surface area contributed by atoms with Crippen molar-refractivity contribution in [2.24, 2.45) is 13.0 Å². The fraction of sp³-hybridized carbons (Fsp3) is 0.393. The van der Waals surface area contributed by atoms with Gasteiger partial charge in [-0.3, -0.25) is 9.58 Å².